The monoisotopic (exact) mass is 1370 g/mol. The van der Waals surface area contributed by atoms with E-state index in [9.17, 15) is 43.2 Å². The lowest BCUT2D eigenvalue weighted by molar-refractivity contribution is -0.161. The summed E-state index contributed by atoms with van der Waals surface area (Å²) < 4.78 is 68.3. The molecule has 0 fully saturated rings. The molecule has 17 nitrogen and oxygen atoms in total. The van der Waals surface area contributed by atoms with Crippen LogP contribution in [0.4, 0.5) is 0 Å². The van der Waals surface area contributed by atoms with Gasteiger partial charge in [-0.1, -0.05) is 342 Å². The summed E-state index contributed by atoms with van der Waals surface area (Å²) in [4.78, 5) is 72.6. The first kappa shape index (κ1) is 91.1. The van der Waals surface area contributed by atoms with Crippen molar-refractivity contribution in [2.24, 2.45) is 0 Å². The standard InChI is InChI=1S/C74H144O17P2/c1-5-9-13-17-21-25-28-29-30-31-32-33-34-35-36-37-38-41-45-49-53-57-61-74(79)91-70(65-85-72(77)59-55-51-47-43-39-26-22-18-14-10-6-2)67-89-93(82,83)87-63-68(75)62-86-92(80,81)88-66-69(64-84-71(76)58-54-50-46-42-24-20-16-12-8-4)90-73(78)60-56-52-48-44-40-27-23-19-15-11-7-3/h68-70,75H,5-67H2,1-4H3,(H,80,81)(H,82,83)/t68-,69+,70+/m0/s1. The summed E-state index contributed by atoms with van der Waals surface area (Å²) >= 11 is 0. The number of phosphoric ester groups is 2. The fraction of sp³-hybridized carbons (Fsp3) is 0.946. The fourth-order valence-electron chi connectivity index (χ4n) is 11.4. The van der Waals surface area contributed by atoms with Crippen molar-refractivity contribution in [3.8, 4) is 0 Å². The van der Waals surface area contributed by atoms with Crippen LogP contribution in [0.15, 0.2) is 0 Å². The van der Waals surface area contributed by atoms with Crippen LogP contribution in [-0.2, 0) is 65.4 Å². The molecule has 0 aliphatic heterocycles. The number of rotatable bonds is 75. The van der Waals surface area contributed by atoms with Gasteiger partial charge in [0.15, 0.2) is 12.2 Å². The average Bonchev–Trinajstić information content (AvgIpc) is 3.43. The Morgan fingerprint density at radius 1 is 0.258 bits per heavy atom. The fourth-order valence-corrected chi connectivity index (χ4v) is 13.0. The topological polar surface area (TPSA) is 237 Å². The molecule has 5 atom stereocenters. The smallest absolute Gasteiger partial charge is 0.462 e. The van der Waals surface area contributed by atoms with E-state index in [-0.39, 0.29) is 25.7 Å². The highest BCUT2D eigenvalue weighted by Gasteiger charge is 2.30. The summed E-state index contributed by atoms with van der Waals surface area (Å²) in [5.74, 6) is -2.12. The minimum absolute atomic E-state index is 0.107. The molecule has 0 saturated heterocycles. The first-order valence-corrected chi connectivity index (χ1v) is 41.8. The molecule has 0 aliphatic carbocycles. The zero-order valence-corrected chi connectivity index (χ0v) is 62.0. The Hall–Kier alpha value is -1.94. The average molecular weight is 1370 g/mol. The third-order valence-corrected chi connectivity index (χ3v) is 19.3. The maximum absolute atomic E-state index is 13.0. The second kappa shape index (κ2) is 68.6. The number of hydrogen-bond acceptors (Lipinski definition) is 15. The van der Waals surface area contributed by atoms with Crippen LogP contribution in [-0.4, -0.2) is 96.7 Å². The first-order chi connectivity index (χ1) is 45.2. The summed E-state index contributed by atoms with van der Waals surface area (Å²) in [6.45, 7) is 4.94. The number of aliphatic hydroxyl groups excluding tert-OH is 1. The van der Waals surface area contributed by atoms with Gasteiger partial charge in [0.1, 0.15) is 19.3 Å². The van der Waals surface area contributed by atoms with E-state index in [1.165, 1.54) is 225 Å². The van der Waals surface area contributed by atoms with E-state index < -0.39 is 97.5 Å². The molecule has 3 N–H and O–H groups in total. The highest BCUT2D eigenvalue weighted by Crippen LogP contribution is 2.45. The van der Waals surface area contributed by atoms with Crippen LogP contribution in [0, 0.1) is 0 Å². The molecular formula is C74H144O17P2. The Bertz CT molecular complexity index is 1770. The Balaban J connectivity index is 5.13. The van der Waals surface area contributed by atoms with E-state index in [2.05, 4.69) is 27.7 Å². The summed E-state index contributed by atoms with van der Waals surface area (Å²) in [5, 5.41) is 10.6. The SMILES string of the molecule is CCCCCCCCCCCCCCCCCCCCCCCCC(=O)O[C@H](COC(=O)CCCCCCCCCCCCC)COP(=O)(O)OC[C@@H](O)COP(=O)(O)OC[C@@H](COC(=O)CCCCCCCCCCC)OC(=O)CCCCCCCCCCCCC. The number of ether oxygens (including phenoxy) is 4. The molecule has 0 aromatic heterocycles. The molecule has 0 radical (unpaired) electrons. The second-order valence-electron chi connectivity index (χ2n) is 26.7. The van der Waals surface area contributed by atoms with E-state index in [0.29, 0.717) is 25.7 Å². The number of carbonyl (C=O) groups is 4. The normalized spacial score (nSPS) is 13.9. The van der Waals surface area contributed by atoms with Gasteiger partial charge in [0, 0.05) is 25.7 Å². The molecule has 0 heterocycles. The maximum Gasteiger partial charge on any atom is 0.472 e. The van der Waals surface area contributed by atoms with E-state index in [1.807, 2.05) is 0 Å². The lowest BCUT2D eigenvalue weighted by atomic mass is 10.0. The van der Waals surface area contributed by atoms with Crippen LogP contribution < -0.4 is 0 Å². The number of hydrogen-bond donors (Lipinski definition) is 3. The molecule has 0 rings (SSSR count). The Morgan fingerprint density at radius 3 is 0.634 bits per heavy atom. The molecule has 0 aliphatic rings. The molecule has 2 unspecified atom stereocenters. The van der Waals surface area contributed by atoms with Crippen LogP contribution >= 0.6 is 15.6 Å². The van der Waals surface area contributed by atoms with Gasteiger partial charge in [-0.2, -0.15) is 0 Å². The molecule has 0 spiro atoms. The lowest BCUT2D eigenvalue weighted by Gasteiger charge is -2.21. The van der Waals surface area contributed by atoms with Gasteiger partial charge in [-0.3, -0.25) is 37.3 Å². The Labute approximate surface area is 568 Å². The molecule has 93 heavy (non-hydrogen) atoms. The Morgan fingerprint density at radius 2 is 0.430 bits per heavy atom. The third-order valence-electron chi connectivity index (χ3n) is 17.4. The highest BCUT2D eigenvalue weighted by molar-refractivity contribution is 7.47. The maximum atomic E-state index is 13.0. The number of esters is 4. The lowest BCUT2D eigenvalue weighted by Crippen LogP contribution is -2.30. The number of phosphoric acid groups is 2. The van der Waals surface area contributed by atoms with Crippen molar-refractivity contribution < 1.29 is 80.2 Å². The summed E-state index contributed by atoms with van der Waals surface area (Å²) in [6.07, 6.45) is 58.4. The molecule has 0 saturated carbocycles. The van der Waals surface area contributed by atoms with Crippen LogP contribution in [0.3, 0.4) is 0 Å². The zero-order valence-electron chi connectivity index (χ0n) is 60.2. The van der Waals surface area contributed by atoms with Crippen molar-refractivity contribution in [2.45, 2.75) is 412 Å². The molecular weight excluding hydrogens is 1220 g/mol. The van der Waals surface area contributed by atoms with Gasteiger partial charge < -0.3 is 33.8 Å². The van der Waals surface area contributed by atoms with Gasteiger partial charge >= 0.3 is 39.5 Å². The van der Waals surface area contributed by atoms with Crippen molar-refractivity contribution in [2.75, 3.05) is 39.6 Å². The van der Waals surface area contributed by atoms with Crippen molar-refractivity contribution in [1.82, 2.24) is 0 Å². The molecule has 0 aromatic rings. The summed E-state index contributed by atoms with van der Waals surface area (Å²) in [6, 6.07) is 0. The summed E-state index contributed by atoms with van der Waals surface area (Å²) in [7, 11) is -9.90. The quantitative estimate of drug-likeness (QED) is 0.0222. The Kier molecular flexibility index (Phi) is 67.1. The van der Waals surface area contributed by atoms with Crippen LogP contribution in [0.25, 0.3) is 0 Å². The van der Waals surface area contributed by atoms with Crippen molar-refractivity contribution >= 4 is 39.5 Å². The van der Waals surface area contributed by atoms with Gasteiger partial charge in [0.2, 0.25) is 0 Å². The van der Waals surface area contributed by atoms with Crippen molar-refractivity contribution in [3.63, 3.8) is 0 Å². The largest absolute Gasteiger partial charge is 0.472 e. The predicted octanol–water partition coefficient (Wildman–Crippen LogP) is 21.8. The number of unbranched alkanes of at least 4 members (excludes halogenated alkanes) is 49. The molecule has 19 heteroatoms. The molecule has 552 valence electrons. The summed E-state index contributed by atoms with van der Waals surface area (Å²) in [5.41, 5.74) is 0. The molecule has 0 amide bonds. The van der Waals surface area contributed by atoms with E-state index in [1.54, 1.807) is 0 Å². The van der Waals surface area contributed by atoms with Crippen LogP contribution in [0.5, 0.6) is 0 Å². The van der Waals surface area contributed by atoms with Crippen molar-refractivity contribution in [3.05, 3.63) is 0 Å². The van der Waals surface area contributed by atoms with Gasteiger partial charge in [-0.15, -0.1) is 0 Å². The van der Waals surface area contributed by atoms with Gasteiger partial charge in [-0.25, -0.2) is 9.13 Å². The van der Waals surface area contributed by atoms with E-state index in [0.717, 1.165) is 89.9 Å². The molecule has 0 aromatic carbocycles. The van der Waals surface area contributed by atoms with E-state index in [4.69, 9.17) is 37.0 Å². The third kappa shape index (κ3) is 68.4. The van der Waals surface area contributed by atoms with Crippen LogP contribution in [0.1, 0.15) is 394 Å². The van der Waals surface area contributed by atoms with Crippen LogP contribution in [0.2, 0.25) is 0 Å². The van der Waals surface area contributed by atoms with Crippen molar-refractivity contribution in [1.29, 1.82) is 0 Å². The van der Waals surface area contributed by atoms with Gasteiger partial charge in [0.25, 0.3) is 0 Å². The minimum Gasteiger partial charge on any atom is -0.462 e. The second-order valence-corrected chi connectivity index (χ2v) is 29.6. The minimum atomic E-state index is -4.95. The highest BCUT2D eigenvalue weighted by atomic mass is 31.2. The first-order valence-electron chi connectivity index (χ1n) is 38.8. The van der Waals surface area contributed by atoms with E-state index >= 15 is 0 Å². The van der Waals surface area contributed by atoms with Gasteiger partial charge in [-0.05, 0) is 25.7 Å². The number of carbonyl (C=O) groups excluding carboxylic acids is 4. The molecule has 0 bridgehead atoms. The van der Waals surface area contributed by atoms with Gasteiger partial charge in [0.05, 0.1) is 26.4 Å². The predicted molar refractivity (Wildman–Crippen MR) is 377 cm³/mol. The number of aliphatic hydroxyl groups is 1. The zero-order chi connectivity index (χ0) is 68.2.